The lowest BCUT2D eigenvalue weighted by Crippen LogP contribution is -2.46. The predicted molar refractivity (Wildman–Crippen MR) is 122 cm³/mol. The summed E-state index contributed by atoms with van der Waals surface area (Å²) in [6, 6.07) is 16.2. The minimum absolute atomic E-state index is 0.0834. The van der Waals surface area contributed by atoms with Crippen LogP contribution >= 0.6 is 0 Å². The number of hydrogen-bond donors (Lipinski definition) is 1. The number of hydrogen-bond acceptors (Lipinski definition) is 7. The third-order valence-electron chi connectivity index (χ3n) is 5.76. The SMILES string of the molecule is Cc1cccc(Nc2ncnc(N3CCN(Cc4ccccc4)CC3)c2[N+](=O)[O-])c1C. The first-order valence-electron chi connectivity index (χ1n) is 10.4. The van der Waals surface area contributed by atoms with Crippen molar-refractivity contribution in [3.63, 3.8) is 0 Å². The van der Waals surface area contributed by atoms with Crippen LogP contribution in [0.25, 0.3) is 0 Å². The summed E-state index contributed by atoms with van der Waals surface area (Å²) in [5.74, 6) is 0.586. The van der Waals surface area contributed by atoms with Gasteiger partial charge in [0, 0.05) is 38.4 Å². The van der Waals surface area contributed by atoms with Crippen LogP contribution in [-0.2, 0) is 6.54 Å². The zero-order chi connectivity index (χ0) is 21.8. The zero-order valence-corrected chi connectivity index (χ0v) is 17.8. The van der Waals surface area contributed by atoms with Crippen molar-refractivity contribution in [3.8, 4) is 0 Å². The molecule has 0 radical (unpaired) electrons. The van der Waals surface area contributed by atoms with E-state index in [0.29, 0.717) is 18.9 Å². The normalized spacial score (nSPS) is 14.5. The molecule has 0 amide bonds. The molecule has 1 N–H and O–H groups in total. The molecule has 160 valence electrons. The molecule has 0 saturated carbocycles. The van der Waals surface area contributed by atoms with E-state index >= 15 is 0 Å². The molecule has 8 nitrogen and oxygen atoms in total. The summed E-state index contributed by atoms with van der Waals surface area (Å²) in [7, 11) is 0. The van der Waals surface area contributed by atoms with E-state index < -0.39 is 0 Å². The minimum atomic E-state index is -0.390. The van der Waals surface area contributed by atoms with Gasteiger partial charge in [-0.3, -0.25) is 15.0 Å². The number of rotatable bonds is 6. The maximum absolute atomic E-state index is 12.0. The Hall–Kier alpha value is -3.52. The van der Waals surface area contributed by atoms with Crippen molar-refractivity contribution < 1.29 is 4.92 Å². The van der Waals surface area contributed by atoms with Crippen LogP contribution in [-0.4, -0.2) is 46.0 Å². The number of aromatic nitrogens is 2. The first-order valence-corrected chi connectivity index (χ1v) is 10.4. The molecule has 3 aromatic rings. The minimum Gasteiger partial charge on any atom is -0.348 e. The van der Waals surface area contributed by atoms with Gasteiger partial charge in [-0.1, -0.05) is 42.5 Å². The van der Waals surface area contributed by atoms with Crippen molar-refractivity contribution in [2.45, 2.75) is 20.4 Å². The third kappa shape index (κ3) is 4.64. The second kappa shape index (κ2) is 9.09. The molecule has 0 aliphatic carbocycles. The van der Waals surface area contributed by atoms with Crippen molar-refractivity contribution in [3.05, 3.63) is 81.7 Å². The predicted octanol–water partition coefficient (Wildman–Crippen LogP) is 4.07. The maximum Gasteiger partial charge on any atom is 0.353 e. The van der Waals surface area contributed by atoms with Crippen LogP contribution in [0, 0.1) is 24.0 Å². The Morgan fingerprint density at radius 2 is 1.74 bits per heavy atom. The van der Waals surface area contributed by atoms with Crippen molar-refractivity contribution >= 4 is 23.0 Å². The van der Waals surface area contributed by atoms with Crippen LogP contribution in [0.2, 0.25) is 0 Å². The molecular weight excluding hydrogens is 392 g/mol. The number of nitro groups is 1. The number of benzene rings is 2. The van der Waals surface area contributed by atoms with Crippen molar-refractivity contribution in [1.82, 2.24) is 14.9 Å². The highest BCUT2D eigenvalue weighted by Crippen LogP contribution is 2.35. The molecule has 2 heterocycles. The Morgan fingerprint density at radius 1 is 1.00 bits per heavy atom. The quantitative estimate of drug-likeness (QED) is 0.477. The molecule has 1 aromatic heterocycles. The molecule has 0 bridgehead atoms. The van der Waals surface area contributed by atoms with Gasteiger partial charge in [0.15, 0.2) is 0 Å². The molecule has 2 aromatic carbocycles. The molecule has 4 rings (SSSR count). The lowest BCUT2D eigenvalue weighted by molar-refractivity contribution is -0.383. The highest BCUT2D eigenvalue weighted by Gasteiger charge is 2.29. The Kier molecular flexibility index (Phi) is 6.08. The average Bonchev–Trinajstić information content (AvgIpc) is 2.78. The topological polar surface area (TPSA) is 87.4 Å². The fourth-order valence-electron chi connectivity index (χ4n) is 3.83. The lowest BCUT2D eigenvalue weighted by Gasteiger charge is -2.35. The van der Waals surface area contributed by atoms with Crippen molar-refractivity contribution in [1.29, 1.82) is 0 Å². The first kappa shape index (κ1) is 20.7. The molecular formula is C23H26N6O2. The van der Waals surface area contributed by atoms with Crippen LogP contribution in [0.5, 0.6) is 0 Å². The summed E-state index contributed by atoms with van der Waals surface area (Å²) in [6.45, 7) is 7.85. The van der Waals surface area contributed by atoms with Gasteiger partial charge in [-0.2, -0.15) is 0 Å². The van der Waals surface area contributed by atoms with Gasteiger partial charge in [0.25, 0.3) is 0 Å². The first-order chi connectivity index (χ1) is 15.0. The summed E-state index contributed by atoms with van der Waals surface area (Å²) in [4.78, 5) is 24.4. The molecule has 1 aliphatic rings. The van der Waals surface area contributed by atoms with Crippen LogP contribution < -0.4 is 10.2 Å². The zero-order valence-electron chi connectivity index (χ0n) is 17.8. The van der Waals surface area contributed by atoms with Crippen molar-refractivity contribution in [2.75, 3.05) is 36.4 Å². The van der Waals surface area contributed by atoms with Gasteiger partial charge in [0.05, 0.1) is 4.92 Å². The number of anilines is 3. The molecule has 1 saturated heterocycles. The van der Waals surface area contributed by atoms with E-state index in [9.17, 15) is 10.1 Å². The number of aryl methyl sites for hydroxylation is 1. The second-order valence-electron chi connectivity index (χ2n) is 7.77. The van der Waals surface area contributed by atoms with E-state index in [4.69, 9.17) is 0 Å². The third-order valence-corrected chi connectivity index (χ3v) is 5.76. The van der Waals surface area contributed by atoms with Crippen LogP contribution in [0.15, 0.2) is 54.9 Å². The molecule has 1 fully saturated rings. The number of nitrogens with zero attached hydrogens (tertiary/aromatic N) is 5. The molecule has 8 heteroatoms. The van der Waals surface area contributed by atoms with E-state index in [1.54, 1.807) is 0 Å². The standard InChI is InChI=1S/C23H26N6O2/c1-17-7-6-10-20(18(17)2)26-22-21(29(30)31)23(25-16-24-22)28-13-11-27(12-14-28)15-19-8-4-3-5-9-19/h3-10,16H,11-15H2,1-2H3,(H,24,25,26). The van der Waals surface area contributed by atoms with Gasteiger partial charge in [-0.05, 0) is 36.6 Å². The molecule has 0 spiro atoms. The summed E-state index contributed by atoms with van der Waals surface area (Å²) < 4.78 is 0. The summed E-state index contributed by atoms with van der Waals surface area (Å²) in [5, 5.41) is 15.1. The largest absolute Gasteiger partial charge is 0.353 e. The molecule has 0 unspecified atom stereocenters. The van der Waals surface area contributed by atoms with Gasteiger partial charge < -0.3 is 10.2 Å². The number of piperazine rings is 1. The monoisotopic (exact) mass is 418 g/mol. The van der Waals surface area contributed by atoms with Gasteiger partial charge in [0.1, 0.15) is 6.33 Å². The highest BCUT2D eigenvalue weighted by molar-refractivity contribution is 5.75. The Balaban J connectivity index is 1.53. The highest BCUT2D eigenvalue weighted by atomic mass is 16.6. The Morgan fingerprint density at radius 3 is 2.45 bits per heavy atom. The summed E-state index contributed by atoms with van der Waals surface area (Å²) in [5.41, 5.74) is 4.13. The average molecular weight is 419 g/mol. The van der Waals surface area contributed by atoms with Gasteiger partial charge in [0.2, 0.25) is 11.6 Å². The number of nitrogens with one attached hydrogen (secondary N) is 1. The van der Waals surface area contributed by atoms with Gasteiger partial charge in [-0.15, -0.1) is 0 Å². The Labute approximate surface area is 181 Å². The van der Waals surface area contributed by atoms with Crippen LogP contribution in [0.4, 0.5) is 23.0 Å². The van der Waals surface area contributed by atoms with Crippen LogP contribution in [0.1, 0.15) is 16.7 Å². The van der Waals surface area contributed by atoms with E-state index in [1.165, 1.54) is 11.9 Å². The van der Waals surface area contributed by atoms with Crippen molar-refractivity contribution in [2.24, 2.45) is 0 Å². The molecule has 1 aliphatic heterocycles. The fourth-order valence-corrected chi connectivity index (χ4v) is 3.83. The van der Waals surface area contributed by atoms with Crippen LogP contribution in [0.3, 0.4) is 0 Å². The lowest BCUT2D eigenvalue weighted by atomic mass is 10.1. The summed E-state index contributed by atoms with van der Waals surface area (Å²) in [6.07, 6.45) is 1.39. The van der Waals surface area contributed by atoms with Gasteiger partial charge in [-0.25, -0.2) is 9.97 Å². The smallest absolute Gasteiger partial charge is 0.348 e. The van der Waals surface area contributed by atoms with E-state index in [0.717, 1.165) is 36.4 Å². The van der Waals surface area contributed by atoms with E-state index in [-0.39, 0.29) is 16.4 Å². The molecule has 31 heavy (non-hydrogen) atoms. The maximum atomic E-state index is 12.0. The molecule has 0 atom stereocenters. The fraction of sp³-hybridized carbons (Fsp3) is 0.304. The second-order valence-corrected chi connectivity index (χ2v) is 7.77. The van der Waals surface area contributed by atoms with E-state index in [1.807, 2.05) is 55.1 Å². The van der Waals surface area contributed by atoms with E-state index in [2.05, 4.69) is 32.3 Å². The van der Waals surface area contributed by atoms with Gasteiger partial charge >= 0.3 is 5.69 Å². The summed E-state index contributed by atoms with van der Waals surface area (Å²) >= 11 is 0. The Bertz CT molecular complexity index is 1060.